The lowest BCUT2D eigenvalue weighted by Crippen LogP contribution is -2.28. The minimum absolute atomic E-state index is 0.0443. The Kier molecular flexibility index (Phi) is 3.88. The van der Waals surface area contributed by atoms with Crippen molar-refractivity contribution in [2.75, 3.05) is 13.1 Å². The van der Waals surface area contributed by atoms with Crippen molar-refractivity contribution in [3.8, 4) is 0 Å². The number of hydrogen-bond donors (Lipinski definition) is 1. The van der Waals surface area contributed by atoms with Crippen LogP contribution in [0.3, 0.4) is 0 Å². The molecule has 102 valence electrons. The van der Waals surface area contributed by atoms with Crippen molar-refractivity contribution in [3.05, 3.63) is 34.9 Å². The van der Waals surface area contributed by atoms with Crippen LogP contribution >= 0.6 is 0 Å². The van der Waals surface area contributed by atoms with E-state index >= 15 is 0 Å². The topological polar surface area (TPSA) is 57.6 Å². The summed E-state index contributed by atoms with van der Waals surface area (Å²) in [6, 6.07) is 6.27. The van der Waals surface area contributed by atoms with Gasteiger partial charge in [-0.2, -0.15) is 0 Å². The van der Waals surface area contributed by atoms with E-state index in [2.05, 4.69) is 32.0 Å². The fourth-order valence-electron chi connectivity index (χ4n) is 2.54. The number of hydrogen-bond acceptors (Lipinski definition) is 2. The van der Waals surface area contributed by atoms with E-state index < -0.39 is 11.9 Å². The Morgan fingerprint density at radius 3 is 2.74 bits per heavy atom. The number of aryl methyl sites for hydroxylation is 2. The third-order valence-corrected chi connectivity index (χ3v) is 3.71. The van der Waals surface area contributed by atoms with Crippen molar-refractivity contribution in [3.63, 3.8) is 0 Å². The molecular weight excluding hydrogens is 242 g/mol. The van der Waals surface area contributed by atoms with Gasteiger partial charge >= 0.3 is 5.97 Å². The van der Waals surface area contributed by atoms with E-state index in [0.717, 1.165) is 6.42 Å². The number of carbonyl (C=O) groups excluding carboxylic acids is 1. The molecule has 4 nitrogen and oxygen atoms in total. The molecule has 1 saturated heterocycles. The lowest BCUT2D eigenvalue weighted by Gasteiger charge is -2.16. The number of likely N-dealkylation sites (tertiary alicyclic amines) is 1. The Bertz CT molecular complexity index is 510. The van der Waals surface area contributed by atoms with E-state index in [-0.39, 0.29) is 12.3 Å². The molecule has 1 amide bonds. The van der Waals surface area contributed by atoms with Crippen LogP contribution in [-0.4, -0.2) is 35.0 Å². The van der Waals surface area contributed by atoms with Crippen LogP contribution in [0.2, 0.25) is 0 Å². The normalized spacial score (nSPS) is 18.9. The molecule has 0 saturated carbocycles. The number of amides is 1. The zero-order valence-corrected chi connectivity index (χ0v) is 11.3. The summed E-state index contributed by atoms with van der Waals surface area (Å²) >= 11 is 0. The molecule has 1 aliphatic heterocycles. The summed E-state index contributed by atoms with van der Waals surface area (Å²) in [7, 11) is 0. The first-order valence-corrected chi connectivity index (χ1v) is 6.54. The Morgan fingerprint density at radius 2 is 2.16 bits per heavy atom. The number of nitrogens with zero attached hydrogens (tertiary/aromatic N) is 1. The molecule has 0 radical (unpaired) electrons. The Morgan fingerprint density at radius 1 is 1.42 bits per heavy atom. The van der Waals surface area contributed by atoms with E-state index in [0.29, 0.717) is 13.1 Å². The lowest BCUT2D eigenvalue weighted by atomic mass is 10.0. The highest BCUT2D eigenvalue weighted by atomic mass is 16.4. The first-order chi connectivity index (χ1) is 8.97. The van der Waals surface area contributed by atoms with Crippen molar-refractivity contribution >= 4 is 11.9 Å². The number of benzene rings is 1. The molecule has 1 atom stereocenters. The van der Waals surface area contributed by atoms with Crippen molar-refractivity contribution in [1.29, 1.82) is 0 Å². The van der Waals surface area contributed by atoms with Crippen LogP contribution in [0.1, 0.15) is 23.1 Å². The zero-order valence-electron chi connectivity index (χ0n) is 11.3. The van der Waals surface area contributed by atoms with Gasteiger partial charge in [0.25, 0.3) is 0 Å². The van der Waals surface area contributed by atoms with Crippen LogP contribution in [-0.2, 0) is 16.0 Å². The third-order valence-electron chi connectivity index (χ3n) is 3.71. The molecule has 0 spiro atoms. The fourth-order valence-corrected chi connectivity index (χ4v) is 2.54. The van der Waals surface area contributed by atoms with Gasteiger partial charge in [0.05, 0.1) is 5.92 Å². The van der Waals surface area contributed by atoms with E-state index in [4.69, 9.17) is 5.11 Å². The maximum Gasteiger partial charge on any atom is 0.308 e. The minimum Gasteiger partial charge on any atom is -0.481 e. The highest BCUT2D eigenvalue weighted by Crippen LogP contribution is 2.19. The molecule has 0 aromatic heterocycles. The van der Waals surface area contributed by atoms with Gasteiger partial charge in [0.2, 0.25) is 5.91 Å². The monoisotopic (exact) mass is 261 g/mol. The molecule has 1 aromatic rings. The first kappa shape index (κ1) is 13.6. The van der Waals surface area contributed by atoms with Gasteiger partial charge in [-0.3, -0.25) is 9.59 Å². The van der Waals surface area contributed by atoms with Crippen LogP contribution in [0, 0.1) is 19.8 Å². The highest BCUT2D eigenvalue weighted by Gasteiger charge is 2.33. The molecule has 1 N–H and O–H groups in total. The molecule has 0 bridgehead atoms. The van der Waals surface area contributed by atoms with E-state index in [1.54, 1.807) is 4.90 Å². The Balaban J connectivity index is 1.96. The number of carboxylic acids is 1. The van der Waals surface area contributed by atoms with Crippen LogP contribution < -0.4 is 0 Å². The first-order valence-electron chi connectivity index (χ1n) is 6.54. The van der Waals surface area contributed by atoms with Crippen molar-refractivity contribution in [2.24, 2.45) is 5.92 Å². The van der Waals surface area contributed by atoms with Crippen LogP contribution in [0.5, 0.6) is 0 Å². The minimum atomic E-state index is -0.873. The van der Waals surface area contributed by atoms with Crippen LogP contribution in [0.4, 0.5) is 0 Å². The number of rotatable bonds is 4. The Hall–Kier alpha value is -1.84. The molecule has 2 rings (SSSR count). The zero-order chi connectivity index (χ0) is 14.0. The van der Waals surface area contributed by atoms with Gasteiger partial charge in [-0.25, -0.2) is 0 Å². The number of aliphatic carboxylic acids is 1. The summed E-state index contributed by atoms with van der Waals surface area (Å²) in [5, 5.41) is 8.93. The molecule has 4 heteroatoms. The summed E-state index contributed by atoms with van der Waals surface area (Å²) in [5.74, 6) is -1.45. The summed E-state index contributed by atoms with van der Waals surface area (Å²) in [6.07, 6.45) is 0.923. The highest BCUT2D eigenvalue weighted by molar-refractivity contribution is 5.86. The second-order valence-electron chi connectivity index (χ2n) is 5.26. The van der Waals surface area contributed by atoms with Gasteiger partial charge in [-0.15, -0.1) is 0 Å². The maximum atomic E-state index is 11.7. The molecular formula is C15H19NO3. The number of carboxylic acid groups (broad SMARTS) is 1. The van der Waals surface area contributed by atoms with Gasteiger partial charge in [0.1, 0.15) is 0 Å². The smallest absolute Gasteiger partial charge is 0.308 e. The fraction of sp³-hybridized carbons (Fsp3) is 0.467. The quantitative estimate of drug-likeness (QED) is 0.898. The van der Waals surface area contributed by atoms with E-state index in [1.807, 2.05) is 0 Å². The van der Waals surface area contributed by atoms with E-state index in [9.17, 15) is 9.59 Å². The molecule has 1 heterocycles. The van der Waals surface area contributed by atoms with Crippen molar-refractivity contribution in [2.45, 2.75) is 26.7 Å². The van der Waals surface area contributed by atoms with Crippen LogP contribution in [0.25, 0.3) is 0 Å². The molecule has 1 fully saturated rings. The molecule has 1 aliphatic rings. The molecule has 19 heavy (non-hydrogen) atoms. The summed E-state index contributed by atoms with van der Waals surface area (Å²) in [5.41, 5.74) is 3.67. The van der Waals surface area contributed by atoms with Crippen molar-refractivity contribution in [1.82, 2.24) is 4.90 Å². The molecule has 0 aliphatic carbocycles. The number of carbonyl (C=O) groups is 2. The molecule has 1 aromatic carbocycles. The van der Waals surface area contributed by atoms with Gasteiger partial charge in [-0.05, 0) is 31.4 Å². The SMILES string of the molecule is Cc1ccc(CCN2CC(C(=O)O)CC2=O)c(C)c1. The van der Waals surface area contributed by atoms with E-state index in [1.165, 1.54) is 16.7 Å². The van der Waals surface area contributed by atoms with Gasteiger partial charge in [0.15, 0.2) is 0 Å². The average Bonchev–Trinajstić information content (AvgIpc) is 2.70. The van der Waals surface area contributed by atoms with Gasteiger partial charge < -0.3 is 10.0 Å². The third kappa shape index (κ3) is 3.13. The average molecular weight is 261 g/mol. The second kappa shape index (κ2) is 5.43. The predicted octanol–water partition coefficient (Wildman–Crippen LogP) is 1.78. The standard InChI is InChI=1S/C15H19NO3/c1-10-3-4-12(11(2)7-10)5-6-16-9-13(15(18)19)8-14(16)17/h3-4,7,13H,5-6,8-9H2,1-2H3,(H,18,19). The Labute approximate surface area is 113 Å². The molecule has 1 unspecified atom stereocenters. The van der Waals surface area contributed by atoms with Crippen LogP contribution in [0.15, 0.2) is 18.2 Å². The largest absolute Gasteiger partial charge is 0.481 e. The lowest BCUT2D eigenvalue weighted by molar-refractivity contribution is -0.141. The maximum absolute atomic E-state index is 11.7. The van der Waals surface area contributed by atoms with Gasteiger partial charge in [-0.1, -0.05) is 23.8 Å². The van der Waals surface area contributed by atoms with Gasteiger partial charge in [0, 0.05) is 19.5 Å². The predicted molar refractivity (Wildman–Crippen MR) is 71.9 cm³/mol. The summed E-state index contributed by atoms with van der Waals surface area (Å²) in [6.45, 7) is 5.07. The summed E-state index contributed by atoms with van der Waals surface area (Å²) in [4.78, 5) is 24.3. The second-order valence-corrected chi connectivity index (χ2v) is 5.26. The summed E-state index contributed by atoms with van der Waals surface area (Å²) < 4.78 is 0. The van der Waals surface area contributed by atoms with Crippen molar-refractivity contribution < 1.29 is 14.7 Å².